The molecule has 3 aromatic carbocycles. The molecule has 0 aliphatic carbocycles. The first kappa shape index (κ1) is 21.9. The third-order valence-corrected chi connectivity index (χ3v) is 6.03. The van der Waals surface area contributed by atoms with E-state index in [4.69, 9.17) is 4.42 Å². The number of anilines is 2. The minimum absolute atomic E-state index is 0.149. The van der Waals surface area contributed by atoms with E-state index in [0.29, 0.717) is 18.0 Å². The van der Waals surface area contributed by atoms with Crippen LogP contribution in [-0.4, -0.2) is 42.0 Å². The van der Waals surface area contributed by atoms with Crippen molar-refractivity contribution in [1.29, 1.82) is 0 Å². The molecular weight excluding hydrogens is 431 g/mol. The highest BCUT2D eigenvalue weighted by Gasteiger charge is 2.20. The van der Waals surface area contributed by atoms with Crippen LogP contribution < -0.4 is 10.2 Å². The molecule has 1 aliphatic rings. The minimum atomic E-state index is -0.317. The molecule has 4 aromatic rings. The fourth-order valence-corrected chi connectivity index (χ4v) is 4.18. The van der Waals surface area contributed by atoms with Crippen LogP contribution in [0.2, 0.25) is 0 Å². The minimum Gasteiger partial charge on any atom is -0.443 e. The summed E-state index contributed by atoms with van der Waals surface area (Å²) >= 11 is 0. The van der Waals surface area contributed by atoms with Gasteiger partial charge in [-0.15, -0.1) is 0 Å². The summed E-state index contributed by atoms with van der Waals surface area (Å²) in [7, 11) is 0. The molecule has 1 aliphatic heterocycles. The van der Waals surface area contributed by atoms with E-state index in [1.165, 1.54) is 12.5 Å². The van der Waals surface area contributed by atoms with Gasteiger partial charge in [0, 0.05) is 55.2 Å². The Hall–Kier alpha value is -3.97. The van der Waals surface area contributed by atoms with E-state index < -0.39 is 0 Å². The summed E-state index contributed by atoms with van der Waals surface area (Å²) in [5.41, 5.74) is 3.57. The van der Waals surface area contributed by atoms with Gasteiger partial charge < -0.3 is 14.6 Å². The summed E-state index contributed by atoms with van der Waals surface area (Å²) in [6.45, 7) is 4.07. The number of carbonyl (C=O) groups is 1. The van der Waals surface area contributed by atoms with E-state index in [1.54, 1.807) is 6.07 Å². The molecule has 6 nitrogen and oxygen atoms in total. The standard InChI is InChI=1S/C27H25FN4O2/c28-24-9-5-4-8-21(24)18-31-14-16-32(17-15-31)23-12-10-22(11-13-23)30-27(33)25-26(34-19-29-25)20-6-2-1-3-7-20/h1-13,19H,14-18H2,(H,30,33). The van der Waals surface area contributed by atoms with Crippen LogP contribution >= 0.6 is 0 Å². The SMILES string of the molecule is O=C(Nc1ccc(N2CCN(Cc3ccccc3F)CC2)cc1)c1ncoc1-c1ccccc1. The van der Waals surface area contributed by atoms with Crippen LogP contribution in [0.1, 0.15) is 16.1 Å². The van der Waals surface area contributed by atoms with Crippen molar-refractivity contribution in [2.75, 3.05) is 36.4 Å². The molecule has 1 N–H and O–H groups in total. The van der Waals surface area contributed by atoms with Gasteiger partial charge in [0.15, 0.2) is 17.8 Å². The molecule has 7 heteroatoms. The molecule has 0 atom stereocenters. The van der Waals surface area contributed by atoms with Gasteiger partial charge in [-0.25, -0.2) is 9.37 Å². The van der Waals surface area contributed by atoms with E-state index in [-0.39, 0.29) is 17.4 Å². The van der Waals surface area contributed by atoms with E-state index in [2.05, 4.69) is 20.1 Å². The molecule has 1 amide bonds. The Labute approximate surface area is 197 Å². The lowest BCUT2D eigenvalue weighted by Crippen LogP contribution is -2.46. The second kappa shape index (κ2) is 9.89. The first-order valence-electron chi connectivity index (χ1n) is 11.3. The molecule has 2 heterocycles. The van der Waals surface area contributed by atoms with Gasteiger partial charge in [-0.2, -0.15) is 0 Å². The zero-order valence-corrected chi connectivity index (χ0v) is 18.7. The van der Waals surface area contributed by atoms with Crippen molar-refractivity contribution in [2.45, 2.75) is 6.54 Å². The van der Waals surface area contributed by atoms with E-state index >= 15 is 0 Å². The third kappa shape index (κ3) is 4.84. The maximum Gasteiger partial charge on any atom is 0.278 e. The Morgan fingerprint density at radius 3 is 2.35 bits per heavy atom. The Morgan fingerprint density at radius 1 is 0.912 bits per heavy atom. The topological polar surface area (TPSA) is 61.6 Å². The molecule has 5 rings (SSSR count). The maximum atomic E-state index is 13.9. The second-order valence-electron chi connectivity index (χ2n) is 8.25. The summed E-state index contributed by atoms with van der Waals surface area (Å²) < 4.78 is 19.4. The van der Waals surface area contributed by atoms with Gasteiger partial charge in [0.2, 0.25) is 0 Å². The lowest BCUT2D eigenvalue weighted by Gasteiger charge is -2.36. The number of oxazole rings is 1. The monoisotopic (exact) mass is 456 g/mol. The van der Waals surface area contributed by atoms with Gasteiger partial charge in [0.25, 0.3) is 5.91 Å². The predicted octanol–water partition coefficient (Wildman–Crippen LogP) is 5.06. The smallest absolute Gasteiger partial charge is 0.278 e. The van der Waals surface area contributed by atoms with Gasteiger partial charge in [-0.1, -0.05) is 48.5 Å². The molecule has 1 saturated heterocycles. The fraction of sp³-hybridized carbons (Fsp3) is 0.185. The number of carbonyl (C=O) groups excluding carboxylic acids is 1. The zero-order valence-electron chi connectivity index (χ0n) is 18.7. The highest BCUT2D eigenvalue weighted by molar-refractivity contribution is 6.06. The molecule has 1 aromatic heterocycles. The van der Waals surface area contributed by atoms with Crippen LogP contribution in [0.25, 0.3) is 11.3 Å². The van der Waals surface area contributed by atoms with Crippen molar-refractivity contribution in [1.82, 2.24) is 9.88 Å². The van der Waals surface area contributed by atoms with Crippen LogP contribution in [0.5, 0.6) is 0 Å². The van der Waals surface area contributed by atoms with Crippen molar-refractivity contribution < 1.29 is 13.6 Å². The van der Waals surface area contributed by atoms with Crippen LogP contribution in [0.15, 0.2) is 89.7 Å². The quantitative estimate of drug-likeness (QED) is 0.440. The van der Waals surface area contributed by atoms with Gasteiger partial charge in [0.05, 0.1) is 0 Å². The van der Waals surface area contributed by atoms with E-state index in [0.717, 1.165) is 43.0 Å². The number of nitrogens with zero attached hydrogens (tertiary/aromatic N) is 3. The van der Waals surface area contributed by atoms with E-state index in [9.17, 15) is 9.18 Å². The molecule has 0 spiro atoms. The predicted molar refractivity (Wildman–Crippen MR) is 130 cm³/mol. The highest BCUT2D eigenvalue weighted by Crippen LogP contribution is 2.25. The molecule has 1 fully saturated rings. The van der Waals surface area contributed by atoms with Gasteiger partial charge in [0.1, 0.15) is 5.82 Å². The Morgan fingerprint density at radius 2 is 1.62 bits per heavy atom. The Bertz CT molecular complexity index is 1250. The van der Waals surface area contributed by atoms with Gasteiger partial charge >= 0.3 is 0 Å². The summed E-state index contributed by atoms with van der Waals surface area (Å²) in [5.74, 6) is -0.0193. The van der Waals surface area contributed by atoms with Crippen LogP contribution in [-0.2, 0) is 6.54 Å². The van der Waals surface area contributed by atoms with Gasteiger partial charge in [-0.3, -0.25) is 9.69 Å². The molecule has 0 unspecified atom stereocenters. The van der Waals surface area contributed by atoms with Crippen molar-refractivity contribution >= 4 is 17.3 Å². The first-order valence-corrected chi connectivity index (χ1v) is 11.3. The Kier molecular flexibility index (Phi) is 6.35. The third-order valence-electron chi connectivity index (χ3n) is 6.03. The molecule has 0 bridgehead atoms. The molecule has 34 heavy (non-hydrogen) atoms. The van der Waals surface area contributed by atoms with Gasteiger partial charge in [-0.05, 0) is 30.3 Å². The summed E-state index contributed by atoms with van der Waals surface area (Å²) in [5, 5.41) is 2.90. The number of piperazine rings is 1. The maximum absolute atomic E-state index is 13.9. The number of hydrogen-bond donors (Lipinski definition) is 1. The molecule has 0 saturated carbocycles. The number of halogens is 1. The van der Waals surface area contributed by atoms with Crippen LogP contribution in [0.4, 0.5) is 15.8 Å². The van der Waals surface area contributed by atoms with Crippen LogP contribution in [0, 0.1) is 5.82 Å². The number of benzene rings is 3. The fourth-order valence-electron chi connectivity index (χ4n) is 4.18. The normalized spacial score (nSPS) is 14.2. The van der Waals surface area contributed by atoms with E-state index in [1.807, 2.05) is 66.7 Å². The van der Waals surface area contributed by atoms with Crippen molar-refractivity contribution in [3.05, 3.63) is 102 Å². The lowest BCUT2D eigenvalue weighted by molar-refractivity contribution is 0.102. The summed E-state index contributed by atoms with van der Waals surface area (Å²) in [4.78, 5) is 21.5. The van der Waals surface area contributed by atoms with Crippen molar-refractivity contribution in [3.63, 3.8) is 0 Å². The van der Waals surface area contributed by atoms with Crippen molar-refractivity contribution in [3.8, 4) is 11.3 Å². The zero-order chi connectivity index (χ0) is 23.3. The second-order valence-corrected chi connectivity index (χ2v) is 8.25. The molecule has 172 valence electrons. The number of rotatable bonds is 6. The number of amides is 1. The van der Waals surface area contributed by atoms with Crippen LogP contribution in [0.3, 0.4) is 0 Å². The molecular formula is C27H25FN4O2. The number of nitrogens with one attached hydrogen (secondary N) is 1. The number of aromatic nitrogens is 1. The van der Waals surface area contributed by atoms with Crippen molar-refractivity contribution in [2.24, 2.45) is 0 Å². The Balaban J connectivity index is 1.18. The lowest BCUT2D eigenvalue weighted by atomic mass is 10.1. The average molecular weight is 457 g/mol. The highest BCUT2D eigenvalue weighted by atomic mass is 19.1. The average Bonchev–Trinajstić information content (AvgIpc) is 3.37. The summed E-state index contributed by atoms with van der Waals surface area (Å²) in [6, 6.07) is 24.2. The largest absolute Gasteiger partial charge is 0.443 e. The molecule has 0 radical (unpaired) electrons. The first-order chi connectivity index (χ1) is 16.7. The number of hydrogen-bond acceptors (Lipinski definition) is 5. The summed E-state index contributed by atoms with van der Waals surface area (Å²) in [6.07, 6.45) is 1.28.